The SMILES string of the molecule is CCCC(N)CC(=O)N1CCCc2ccccc21. The molecule has 1 aromatic rings. The standard InChI is InChI=1S/C15H22N2O/c1-2-6-13(16)11-15(18)17-10-5-8-12-7-3-4-9-14(12)17/h3-4,7,9,13H,2,5-6,8,10-11,16H2,1H3. The molecule has 0 saturated carbocycles. The summed E-state index contributed by atoms with van der Waals surface area (Å²) < 4.78 is 0. The largest absolute Gasteiger partial charge is 0.327 e. The molecule has 2 N–H and O–H groups in total. The number of fused-ring (bicyclic) bond motifs is 1. The summed E-state index contributed by atoms with van der Waals surface area (Å²) >= 11 is 0. The number of para-hydroxylation sites is 1. The average molecular weight is 246 g/mol. The lowest BCUT2D eigenvalue weighted by atomic mass is 10.0. The molecule has 0 bridgehead atoms. The second-order valence-corrected chi connectivity index (χ2v) is 5.03. The Morgan fingerprint density at radius 2 is 2.22 bits per heavy atom. The predicted molar refractivity (Wildman–Crippen MR) is 74.6 cm³/mol. The lowest BCUT2D eigenvalue weighted by Crippen LogP contribution is -2.38. The number of anilines is 1. The fraction of sp³-hybridized carbons (Fsp3) is 0.533. The zero-order valence-electron chi connectivity index (χ0n) is 11.1. The summed E-state index contributed by atoms with van der Waals surface area (Å²) in [6.07, 6.45) is 4.53. The Morgan fingerprint density at radius 1 is 1.44 bits per heavy atom. The van der Waals surface area contributed by atoms with Gasteiger partial charge < -0.3 is 10.6 Å². The molecule has 1 aliphatic rings. The zero-order chi connectivity index (χ0) is 13.0. The van der Waals surface area contributed by atoms with E-state index in [1.807, 2.05) is 23.1 Å². The maximum atomic E-state index is 12.3. The van der Waals surface area contributed by atoms with E-state index in [1.54, 1.807) is 0 Å². The van der Waals surface area contributed by atoms with Gasteiger partial charge in [-0.15, -0.1) is 0 Å². The maximum absolute atomic E-state index is 12.3. The van der Waals surface area contributed by atoms with Crippen molar-refractivity contribution in [3.05, 3.63) is 29.8 Å². The second kappa shape index (κ2) is 6.01. The van der Waals surface area contributed by atoms with Crippen molar-refractivity contribution in [2.45, 2.75) is 45.1 Å². The Balaban J connectivity index is 2.08. The topological polar surface area (TPSA) is 46.3 Å². The van der Waals surface area contributed by atoms with Crippen molar-refractivity contribution < 1.29 is 4.79 Å². The Kier molecular flexibility index (Phi) is 4.37. The van der Waals surface area contributed by atoms with Crippen LogP contribution in [-0.4, -0.2) is 18.5 Å². The third kappa shape index (κ3) is 2.91. The average Bonchev–Trinajstić information content (AvgIpc) is 2.38. The van der Waals surface area contributed by atoms with Crippen LogP contribution in [0.1, 0.15) is 38.2 Å². The first-order chi connectivity index (χ1) is 8.72. The molecule has 0 fully saturated rings. The molecule has 1 aliphatic heterocycles. The van der Waals surface area contributed by atoms with Crippen molar-refractivity contribution >= 4 is 11.6 Å². The monoisotopic (exact) mass is 246 g/mol. The van der Waals surface area contributed by atoms with Crippen molar-refractivity contribution in [3.63, 3.8) is 0 Å². The van der Waals surface area contributed by atoms with Crippen LogP contribution in [0.4, 0.5) is 5.69 Å². The van der Waals surface area contributed by atoms with Crippen LogP contribution in [0.25, 0.3) is 0 Å². The minimum atomic E-state index is -0.00316. The van der Waals surface area contributed by atoms with E-state index in [0.717, 1.165) is 37.9 Å². The maximum Gasteiger partial charge on any atom is 0.228 e. The predicted octanol–water partition coefficient (Wildman–Crippen LogP) is 2.48. The van der Waals surface area contributed by atoms with Crippen molar-refractivity contribution in [2.24, 2.45) is 5.73 Å². The molecular weight excluding hydrogens is 224 g/mol. The third-order valence-electron chi connectivity index (χ3n) is 3.51. The highest BCUT2D eigenvalue weighted by Gasteiger charge is 2.23. The number of rotatable bonds is 4. The number of carbonyl (C=O) groups is 1. The molecule has 3 heteroatoms. The summed E-state index contributed by atoms with van der Waals surface area (Å²) in [5.74, 6) is 0.170. The van der Waals surface area contributed by atoms with Gasteiger partial charge in [0.1, 0.15) is 0 Å². The van der Waals surface area contributed by atoms with Crippen LogP contribution < -0.4 is 10.6 Å². The van der Waals surface area contributed by atoms with Gasteiger partial charge >= 0.3 is 0 Å². The number of benzene rings is 1. The van der Waals surface area contributed by atoms with E-state index in [0.29, 0.717) is 6.42 Å². The lowest BCUT2D eigenvalue weighted by Gasteiger charge is -2.30. The molecule has 1 unspecified atom stereocenters. The molecule has 2 rings (SSSR count). The molecule has 98 valence electrons. The van der Waals surface area contributed by atoms with Gasteiger partial charge in [-0.3, -0.25) is 4.79 Å². The lowest BCUT2D eigenvalue weighted by molar-refractivity contribution is -0.119. The van der Waals surface area contributed by atoms with Gasteiger partial charge in [0.25, 0.3) is 0 Å². The van der Waals surface area contributed by atoms with Crippen molar-refractivity contribution in [2.75, 3.05) is 11.4 Å². The van der Waals surface area contributed by atoms with Gasteiger partial charge in [0.15, 0.2) is 0 Å². The fourth-order valence-electron chi connectivity index (χ4n) is 2.60. The zero-order valence-corrected chi connectivity index (χ0v) is 11.1. The van der Waals surface area contributed by atoms with Crippen LogP contribution in [0.5, 0.6) is 0 Å². The third-order valence-corrected chi connectivity index (χ3v) is 3.51. The van der Waals surface area contributed by atoms with Crippen LogP contribution in [0, 0.1) is 0 Å². The first-order valence-electron chi connectivity index (χ1n) is 6.86. The number of aryl methyl sites for hydroxylation is 1. The Bertz CT molecular complexity index is 417. The minimum absolute atomic E-state index is 0.00316. The molecule has 0 radical (unpaired) electrons. The molecule has 1 aromatic carbocycles. The molecule has 1 heterocycles. The Morgan fingerprint density at radius 3 is 3.00 bits per heavy atom. The Hall–Kier alpha value is -1.35. The molecule has 0 aromatic heterocycles. The first kappa shape index (κ1) is 13.1. The summed E-state index contributed by atoms with van der Waals surface area (Å²) in [5.41, 5.74) is 8.32. The van der Waals surface area contributed by atoms with Gasteiger partial charge in [-0.05, 0) is 30.9 Å². The molecule has 0 saturated heterocycles. The molecule has 3 nitrogen and oxygen atoms in total. The van der Waals surface area contributed by atoms with Gasteiger partial charge in [-0.1, -0.05) is 31.5 Å². The van der Waals surface area contributed by atoms with Crippen LogP contribution in [-0.2, 0) is 11.2 Å². The highest BCUT2D eigenvalue weighted by Crippen LogP contribution is 2.27. The summed E-state index contributed by atoms with van der Waals surface area (Å²) in [6, 6.07) is 8.18. The molecule has 1 atom stereocenters. The van der Waals surface area contributed by atoms with Crippen LogP contribution in [0.3, 0.4) is 0 Å². The fourth-order valence-corrected chi connectivity index (χ4v) is 2.60. The highest BCUT2D eigenvalue weighted by molar-refractivity contribution is 5.94. The summed E-state index contributed by atoms with van der Waals surface area (Å²) in [6.45, 7) is 2.93. The van der Waals surface area contributed by atoms with Crippen molar-refractivity contribution in [3.8, 4) is 0 Å². The Labute approximate surface area is 109 Å². The van der Waals surface area contributed by atoms with Crippen LogP contribution in [0.2, 0.25) is 0 Å². The smallest absolute Gasteiger partial charge is 0.228 e. The summed E-state index contributed by atoms with van der Waals surface area (Å²) in [5, 5.41) is 0. The number of hydrogen-bond acceptors (Lipinski definition) is 2. The van der Waals surface area contributed by atoms with Crippen molar-refractivity contribution in [1.29, 1.82) is 0 Å². The summed E-state index contributed by atoms with van der Waals surface area (Å²) in [4.78, 5) is 14.2. The van der Waals surface area contributed by atoms with Gasteiger partial charge in [-0.2, -0.15) is 0 Å². The molecule has 0 spiro atoms. The second-order valence-electron chi connectivity index (χ2n) is 5.03. The molecule has 1 amide bonds. The van der Waals surface area contributed by atoms with E-state index in [-0.39, 0.29) is 11.9 Å². The van der Waals surface area contributed by atoms with Gasteiger partial charge in [0.2, 0.25) is 5.91 Å². The summed E-state index contributed by atoms with van der Waals surface area (Å²) in [7, 11) is 0. The van der Waals surface area contributed by atoms with Crippen LogP contribution in [0.15, 0.2) is 24.3 Å². The highest BCUT2D eigenvalue weighted by atomic mass is 16.2. The quantitative estimate of drug-likeness (QED) is 0.887. The number of carbonyl (C=O) groups excluding carboxylic acids is 1. The number of nitrogens with two attached hydrogens (primary N) is 1. The van der Waals surface area contributed by atoms with Gasteiger partial charge in [-0.25, -0.2) is 0 Å². The van der Waals surface area contributed by atoms with E-state index in [1.165, 1.54) is 5.56 Å². The van der Waals surface area contributed by atoms with E-state index >= 15 is 0 Å². The molecule has 18 heavy (non-hydrogen) atoms. The van der Waals surface area contributed by atoms with E-state index in [4.69, 9.17) is 5.73 Å². The normalized spacial score (nSPS) is 16.2. The number of amides is 1. The van der Waals surface area contributed by atoms with Crippen LogP contribution >= 0.6 is 0 Å². The van der Waals surface area contributed by atoms with Crippen molar-refractivity contribution in [1.82, 2.24) is 0 Å². The van der Waals surface area contributed by atoms with Gasteiger partial charge in [0, 0.05) is 24.7 Å². The number of nitrogens with zero attached hydrogens (tertiary/aromatic N) is 1. The molecule has 0 aliphatic carbocycles. The van der Waals surface area contributed by atoms with Gasteiger partial charge in [0.05, 0.1) is 0 Å². The number of hydrogen-bond donors (Lipinski definition) is 1. The van der Waals surface area contributed by atoms with E-state index in [2.05, 4.69) is 13.0 Å². The van der Waals surface area contributed by atoms with E-state index < -0.39 is 0 Å². The molecular formula is C15H22N2O. The first-order valence-corrected chi connectivity index (χ1v) is 6.86. The van der Waals surface area contributed by atoms with E-state index in [9.17, 15) is 4.79 Å². The minimum Gasteiger partial charge on any atom is -0.327 e.